The SMILES string of the molecule is COCCCNCCN1CC(C)C(N(C)C)C1. The average Bonchev–Trinajstić information content (AvgIpc) is 2.65. The zero-order valence-electron chi connectivity index (χ0n) is 11.9. The lowest BCUT2D eigenvalue weighted by molar-refractivity contribution is 0.193. The number of nitrogens with zero attached hydrogens (tertiary/aromatic N) is 2. The molecule has 1 N–H and O–H groups in total. The molecule has 1 rings (SSSR count). The third kappa shape index (κ3) is 5.34. The van der Waals surface area contributed by atoms with E-state index in [1.165, 1.54) is 19.6 Å². The third-order valence-corrected chi connectivity index (χ3v) is 3.62. The summed E-state index contributed by atoms with van der Waals surface area (Å²) in [6, 6.07) is 0.725. The molecule has 1 aliphatic rings. The van der Waals surface area contributed by atoms with E-state index in [9.17, 15) is 0 Å². The number of nitrogens with one attached hydrogen (secondary N) is 1. The van der Waals surface area contributed by atoms with Gasteiger partial charge < -0.3 is 19.9 Å². The zero-order chi connectivity index (χ0) is 12.7. The lowest BCUT2D eigenvalue weighted by Crippen LogP contribution is -2.36. The number of rotatable bonds is 8. The third-order valence-electron chi connectivity index (χ3n) is 3.62. The number of likely N-dealkylation sites (N-methyl/N-ethyl adjacent to an activating group) is 1. The second kappa shape index (κ2) is 8.03. The van der Waals surface area contributed by atoms with Crippen molar-refractivity contribution < 1.29 is 4.74 Å². The molecule has 0 aromatic heterocycles. The fourth-order valence-corrected chi connectivity index (χ4v) is 2.61. The van der Waals surface area contributed by atoms with E-state index in [-0.39, 0.29) is 0 Å². The smallest absolute Gasteiger partial charge is 0.0474 e. The summed E-state index contributed by atoms with van der Waals surface area (Å²) in [5, 5.41) is 3.47. The molecule has 17 heavy (non-hydrogen) atoms. The highest BCUT2D eigenvalue weighted by Crippen LogP contribution is 2.19. The second-order valence-electron chi connectivity index (χ2n) is 5.36. The van der Waals surface area contributed by atoms with Crippen LogP contribution in [0, 0.1) is 5.92 Å². The quantitative estimate of drug-likeness (QED) is 0.628. The lowest BCUT2D eigenvalue weighted by Gasteiger charge is -2.22. The average molecular weight is 243 g/mol. The first-order valence-electron chi connectivity index (χ1n) is 6.73. The van der Waals surface area contributed by atoms with Crippen molar-refractivity contribution in [3.8, 4) is 0 Å². The molecule has 1 heterocycles. The Morgan fingerprint density at radius 2 is 2.06 bits per heavy atom. The van der Waals surface area contributed by atoms with Gasteiger partial charge in [-0.05, 0) is 33.0 Å². The predicted octanol–water partition coefficient (Wildman–Crippen LogP) is 0.494. The fourth-order valence-electron chi connectivity index (χ4n) is 2.61. The summed E-state index contributed by atoms with van der Waals surface area (Å²) in [7, 11) is 6.13. The zero-order valence-corrected chi connectivity index (χ0v) is 11.9. The highest BCUT2D eigenvalue weighted by molar-refractivity contribution is 4.86. The Morgan fingerprint density at radius 1 is 1.29 bits per heavy atom. The molecule has 1 fully saturated rings. The minimum atomic E-state index is 0.725. The normalized spacial score (nSPS) is 25.9. The van der Waals surface area contributed by atoms with Crippen molar-refractivity contribution in [2.24, 2.45) is 5.92 Å². The van der Waals surface area contributed by atoms with Gasteiger partial charge in [0.25, 0.3) is 0 Å². The largest absolute Gasteiger partial charge is 0.385 e. The van der Waals surface area contributed by atoms with Crippen LogP contribution < -0.4 is 5.32 Å². The molecule has 2 atom stereocenters. The molecule has 0 amide bonds. The van der Waals surface area contributed by atoms with Gasteiger partial charge in [-0.2, -0.15) is 0 Å². The van der Waals surface area contributed by atoms with Gasteiger partial charge in [0.05, 0.1) is 0 Å². The minimum absolute atomic E-state index is 0.725. The topological polar surface area (TPSA) is 27.7 Å². The maximum absolute atomic E-state index is 5.02. The molecule has 0 bridgehead atoms. The van der Waals surface area contributed by atoms with Gasteiger partial charge >= 0.3 is 0 Å². The summed E-state index contributed by atoms with van der Waals surface area (Å²) in [5.74, 6) is 0.790. The maximum Gasteiger partial charge on any atom is 0.0474 e. The van der Waals surface area contributed by atoms with Crippen molar-refractivity contribution in [2.45, 2.75) is 19.4 Å². The van der Waals surface area contributed by atoms with E-state index in [0.29, 0.717) is 0 Å². The molecule has 0 saturated carbocycles. The molecule has 4 heteroatoms. The van der Waals surface area contributed by atoms with Crippen molar-refractivity contribution in [3.63, 3.8) is 0 Å². The summed E-state index contributed by atoms with van der Waals surface area (Å²) in [4.78, 5) is 4.93. The van der Waals surface area contributed by atoms with Crippen LogP contribution in [-0.2, 0) is 4.74 Å². The molecule has 1 saturated heterocycles. The first-order valence-corrected chi connectivity index (χ1v) is 6.73. The van der Waals surface area contributed by atoms with Gasteiger partial charge in [-0.15, -0.1) is 0 Å². The first-order chi connectivity index (χ1) is 8.15. The standard InChI is InChI=1S/C13H29N3O/c1-12-10-16(11-13(12)15(2)3)8-7-14-6-5-9-17-4/h12-14H,5-11H2,1-4H3. The van der Waals surface area contributed by atoms with E-state index in [1.54, 1.807) is 7.11 Å². The van der Waals surface area contributed by atoms with Crippen LogP contribution in [0.2, 0.25) is 0 Å². The van der Waals surface area contributed by atoms with Crippen LogP contribution in [-0.4, -0.2) is 76.4 Å². The molecule has 102 valence electrons. The Labute approximate surface area is 106 Å². The van der Waals surface area contributed by atoms with Crippen LogP contribution >= 0.6 is 0 Å². The molecule has 4 nitrogen and oxygen atoms in total. The minimum Gasteiger partial charge on any atom is -0.385 e. The number of hydrogen-bond donors (Lipinski definition) is 1. The number of ether oxygens (including phenoxy) is 1. The number of likely N-dealkylation sites (tertiary alicyclic amines) is 1. The van der Waals surface area contributed by atoms with E-state index in [4.69, 9.17) is 4.74 Å². The van der Waals surface area contributed by atoms with Gasteiger partial charge in [0.1, 0.15) is 0 Å². The van der Waals surface area contributed by atoms with Gasteiger partial charge in [-0.3, -0.25) is 0 Å². The Hall–Kier alpha value is -0.160. The Bertz CT molecular complexity index is 199. The van der Waals surface area contributed by atoms with Gasteiger partial charge in [-0.25, -0.2) is 0 Å². The van der Waals surface area contributed by atoms with Gasteiger partial charge in [0.15, 0.2) is 0 Å². The summed E-state index contributed by atoms with van der Waals surface area (Å²) >= 11 is 0. The number of hydrogen-bond acceptors (Lipinski definition) is 4. The summed E-state index contributed by atoms with van der Waals surface area (Å²) in [6.45, 7) is 9.00. The van der Waals surface area contributed by atoms with E-state index in [2.05, 4.69) is 36.1 Å². The molecule has 0 aromatic carbocycles. The van der Waals surface area contributed by atoms with Crippen molar-refractivity contribution >= 4 is 0 Å². The monoisotopic (exact) mass is 243 g/mol. The first kappa shape index (κ1) is 14.9. The van der Waals surface area contributed by atoms with Crippen LogP contribution in [0.3, 0.4) is 0 Å². The fraction of sp³-hybridized carbons (Fsp3) is 1.00. The van der Waals surface area contributed by atoms with E-state index in [0.717, 1.165) is 38.1 Å². The van der Waals surface area contributed by atoms with Gasteiger partial charge in [-0.1, -0.05) is 6.92 Å². The van der Waals surface area contributed by atoms with Crippen LogP contribution in [0.5, 0.6) is 0 Å². The van der Waals surface area contributed by atoms with Crippen LogP contribution in [0.25, 0.3) is 0 Å². The van der Waals surface area contributed by atoms with Crippen molar-refractivity contribution in [1.29, 1.82) is 0 Å². The van der Waals surface area contributed by atoms with E-state index < -0.39 is 0 Å². The van der Waals surface area contributed by atoms with Crippen LogP contribution in [0.4, 0.5) is 0 Å². The molecule has 0 spiro atoms. The summed E-state index contributed by atoms with van der Waals surface area (Å²) in [5.41, 5.74) is 0. The van der Waals surface area contributed by atoms with Gasteiger partial charge in [0.2, 0.25) is 0 Å². The Balaban J connectivity index is 2.05. The van der Waals surface area contributed by atoms with E-state index in [1.807, 2.05) is 0 Å². The van der Waals surface area contributed by atoms with Crippen LogP contribution in [0.15, 0.2) is 0 Å². The van der Waals surface area contributed by atoms with E-state index >= 15 is 0 Å². The Kier molecular flexibility index (Phi) is 7.04. The van der Waals surface area contributed by atoms with Crippen molar-refractivity contribution in [3.05, 3.63) is 0 Å². The molecule has 1 aliphatic heterocycles. The Morgan fingerprint density at radius 3 is 2.65 bits per heavy atom. The second-order valence-corrected chi connectivity index (χ2v) is 5.36. The maximum atomic E-state index is 5.02. The van der Waals surface area contributed by atoms with Gasteiger partial charge in [0, 0.05) is 45.9 Å². The highest BCUT2D eigenvalue weighted by atomic mass is 16.5. The molecular formula is C13H29N3O. The highest BCUT2D eigenvalue weighted by Gasteiger charge is 2.30. The molecule has 0 aromatic rings. The molecular weight excluding hydrogens is 214 g/mol. The molecule has 0 radical (unpaired) electrons. The van der Waals surface area contributed by atoms with Crippen LogP contribution in [0.1, 0.15) is 13.3 Å². The number of methoxy groups -OCH3 is 1. The predicted molar refractivity (Wildman–Crippen MR) is 72.4 cm³/mol. The summed E-state index contributed by atoms with van der Waals surface area (Å²) < 4.78 is 5.02. The summed E-state index contributed by atoms with van der Waals surface area (Å²) in [6.07, 6.45) is 1.10. The molecule has 2 unspecified atom stereocenters. The molecule has 0 aliphatic carbocycles. The van der Waals surface area contributed by atoms with Crippen molar-refractivity contribution in [1.82, 2.24) is 15.1 Å². The van der Waals surface area contributed by atoms with Crippen molar-refractivity contribution in [2.75, 3.05) is 60.5 Å². The lowest BCUT2D eigenvalue weighted by atomic mass is 10.1.